The molecule has 1 saturated heterocycles. The summed E-state index contributed by atoms with van der Waals surface area (Å²) in [5.41, 5.74) is 1.21. The molecule has 0 unspecified atom stereocenters. The van der Waals surface area contributed by atoms with Gasteiger partial charge >= 0.3 is 6.03 Å². The number of likely N-dealkylation sites (tertiary alicyclic amines) is 1. The lowest BCUT2D eigenvalue weighted by atomic mass is 10.0. The Balaban J connectivity index is 1.44. The molecule has 3 amide bonds. The van der Waals surface area contributed by atoms with Gasteiger partial charge in [-0.1, -0.05) is 42.5 Å². The summed E-state index contributed by atoms with van der Waals surface area (Å²) in [6.07, 6.45) is 2.88. The zero-order valence-electron chi connectivity index (χ0n) is 13.8. The van der Waals surface area contributed by atoms with E-state index >= 15 is 0 Å². The van der Waals surface area contributed by atoms with Crippen molar-refractivity contribution in [1.29, 1.82) is 0 Å². The zero-order chi connectivity index (χ0) is 16.8. The number of nitrogens with zero attached hydrogens (tertiary/aromatic N) is 1. The van der Waals surface area contributed by atoms with Gasteiger partial charge < -0.3 is 15.5 Å². The van der Waals surface area contributed by atoms with Crippen LogP contribution in [0, 0.1) is 0 Å². The second kappa shape index (κ2) is 7.81. The van der Waals surface area contributed by atoms with Crippen LogP contribution in [0.25, 0.3) is 10.8 Å². The van der Waals surface area contributed by atoms with Crippen LogP contribution in [0.15, 0.2) is 42.5 Å². The first-order valence-corrected chi connectivity index (χ1v) is 8.50. The molecule has 0 saturated carbocycles. The zero-order valence-corrected chi connectivity index (χ0v) is 13.8. The molecule has 0 spiro atoms. The van der Waals surface area contributed by atoms with E-state index in [0.29, 0.717) is 6.54 Å². The van der Waals surface area contributed by atoms with Gasteiger partial charge in [0.15, 0.2) is 0 Å². The van der Waals surface area contributed by atoms with Gasteiger partial charge in [-0.2, -0.15) is 0 Å². The minimum absolute atomic E-state index is 0.00305. The summed E-state index contributed by atoms with van der Waals surface area (Å²) >= 11 is 0. The molecule has 1 heterocycles. The highest BCUT2D eigenvalue weighted by Crippen LogP contribution is 2.18. The Morgan fingerprint density at radius 3 is 2.54 bits per heavy atom. The first-order valence-electron chi connectivity index (χ1n) is 8.50. The average Bonchev–Trinajstić information content (AvgIpc) is 3.14. The predicted molar refractivity (Wildman–Crippen MR) is 94.9 cm³/mol. The normalized spacial score (nSPS) is 13.9. The van der Waals surface area contributed by atoms with E-state index < -0.39 is 0 Å². The van der Waals surface area contributed by atoms with Crippen LogP contribution in [0.4, 0.5) is 4.79 Å². The molecule has 1 aliphatic rings. The maximum atomic E-state index is 11.9. The molecule has 24 heavy (non-hydrogen) atoms. The standard InChI is InChI=1S/C19H23N3O2/c23-18(22-12-3-4-13-22)14-21-19(24)20-11-10-16-8-5-7-15-6-1-2-9-17(15)16/h1-2,5-9H,3-4,10-14H2,(H2,20,21,24). The molecule has 5 heteroatoms. The SMILES string of the molecule is O=C(NCCc1cccc2ccccc12)NCC(=O)N1CCCC1. The van der Waals surface area contributed by atoms with Crippen molar-refractivity contribution in [2.45, 2.75) is 19.3 Å². The quantitative estimate of drug-likeness (QED) is 0.886. The minimum atomic E-state index is -0.289. The maximum Gasteiger partial charge on any atom is 0.315 e. The van der Waals surface area contributed by atoms with Crippen molar-refractivity contribution in [2.75, 3.05) is 26.2 Å². The van der Waals surface area contributed by atoms with Crippen molar-refractivity contribution in [3.63, 3.8) is 0 Å². The van der Waals surface area contributed by atoms with Crippen LogP contribution in [0.3, 0.4) is 0 Å². The van der Waals surface area contributed by atoms with Gasteiger partial charge in [-0.3, -0.25) is 4.79 Å². The third kappa shape index (κ3) is 4.04. The summed E-state index contributed by atoms with van der Waals surface area (Å²) in [4.78, 5) is 25.5. The highest BCUT2D eigenvalue weighted by molar-refractivity contribution is 5.86. The Bertz CT molecular complexity index is 718. The van der Waals surface area contributed by atoms with Gasteiger partial charge in [0.25, 0.3) is 0 Å². The van der Waals surface area contributed by atoms with E-state index in [4.69, 9.17) is 0 Å². The van der Waals surface area contributed by atoms with Crippen LogP contribution < -0.4 is 10.6 Å². The van der Waals surface area contributed by atoms with Gasteiger partial charge in [-0.15, -0.1) is 0 Å². The maximum absolute atomic E-state index is 11.9. The molecule has 1 aliphatic heterocycles. The number of amides is 3. The number of carbonyl (C=O) groups excluding carboxylic acids is 2. The van der Waals surface area contributed by atoms with Gasteiger partial charge in [0.05, 0.1) is 6.54 Å². The Morgan fingerprint density at radius 2 is 1.71 bits per heavy atom. The number of fused-ring (bicyclic) bond motifs is 1. The Hall–Kier alpha value is -2.56. The summed E-state index contributed by atoms with van der Waals surface area (Å²) in [6, 6.07) is 14.1. The fraction of sp³-hybridized carbons (Fsp3) is 0.368. The van der Waals surface area contributed by atoms with E-state index in [2.05, 4.69) is 34.9 Å². The van der Waals surface area contributed by atoms with E-state index in [9.17, 15) is 9.59 Å². The van der Waals surface area contributed by atoms with E-state index in [-0.39, 0.29) is 18.5 Å². The number of benzene rings is 2. The van der Waals surface area contributed by atoms with E-state index in [1.54, 1.807) is 4.90 Å². The van der Waals surface area contributed by atoms with Crippen molar-refractivity contribution in [1.82, 2.24) is 15.5 Å². The predicted octanol–water partition coefficient (Wildman–Crippen LogP) is 2.30. The molecular formula is C19H23N3O2. The van der Waals surface area contributed by atoms with Gasteiger partial charge in [0, 0.05) is 19.6 Å². The van der Waals surface area contributed by atoms with E-state index in [1.165, 1.54) is 16.3 Å². The molecular weight excluding hydrogens is 302 g/mol. The van der Waals surface area contributed by atoms with Crippen molar-refractivity contribution in [3.05, 3.63) is 48.0 Å². The van der Waals surface area contributed by atoms with Crippen LogP contribution >= 0.6 is 0 Å². The van der Waals surface area contributed by atoms with Gasteiger partial charge in [0.1, 0.15) is 0 Å². The van der Waals surface area contributed by atoms with Gasteiger partial charge in [-0.05, 0) is 35.6 Å². The highest BCUT2D eigenvalue weighted by atomic mass is 16.2. The lowest BCUT2D eigenvalue weighted by molar-refractivity contribution is -0.128. The highest BCUT2D eigenvalue weighted by Gasteiger charge is 2.17. The number of carbonyl (C=O) groups is 2. The third-order valence-corrected chi connectivity index (χ3v) is 4.42. The van der Waals surface area contributed by atoms with Crippen molar-refractivity contribution in [2.24, 2.45) is 0 Å². The topological polar surface area (TPSA) is 61.4 Å². The molecule has 126 valence electrons. The molecule has 1 fully saturated rings. The largest absolute Gasteiger partial charge is 0.341 e. The fourth-order valence-electron chi connectivity index (χ4n) is 3.12. The summed E-state index contributed by atoms with van der Waals surface area (Å²) in [5, 5.41) is 7.88. The average molecular weight is 325 g/mol. The second-order valence-corrected chi connectivity index (χ2v) is 6.09. The Kier molecular flexibility index (Phi) is 5.31. The molecule has 2 aromatic carbocycles. The van der Waals surface area contributed by atoms with Crippen LogP contribution in [0.2, 0.25) is 0 Å². The number of hydrogen-bond donors (Lipinski definition) is 2. The van der Waals surface area contributed by atoms with Crippen LogP contribution in [0.5, 0.6) is 0 Å². The van der Waals surface area contributed by atoms with Crippen LogP contribution in [-0.2, 0) is 11.2 Å². The van der Waals surface area contributed by atoms with Crippen molar-refractivity contribution >= 4 is 22.7 Å². The van der Waals surface area contributed by atoms with Gasteiger partial charge in [-0.25, -0.2) is 4.79 Å². The summed E-state index contributed by atoms with van der Waals surface area (Å²) < 4.78 is 0. The molecule has 0 radical (unpaired) electrons. The monoisotopic (exact) mass is 325 g/mol. The van der Waals surface area contributed by atoms with Crippen molar-refractivity contribution in [3.8, 4) is 0 Å². The lowest BCUT2D eigenvalue weighted by Crippen LogP contribution is -2.43. The first-order chi connectivity index (χ1) is 11.7. The molecule has 3 rings (SSSR count). The molecule has 0 aliphatic carbocycles. The smallest absolute Gasteiger partial charge is 0.315 e. The number of rotatable bonds is 5. The lowest BCUT2D eigenvalue weighted by Gasteiger charge is -2.15. The van der Waals surface area contributed by atoms with Crippen LogP contribution in [-0.4, -0.2) is 43.0 Å². The van der Waals surface area contributed by atoms with Gasteiger partial charge in [0.2, 0.25) is 5.91 Å². The van der Waals surface area contributed by atoms with E-state index in [1.807, 2.05) is 18.2 Å². The molecule has 2 N–H and O–H groups in total. The summed E-state index contributed by atoms with van der Waals surface area (Å²) in [6.45, 7) is 2.23. The Labute approximate surface area is 142 Å². The summed E-state index contributed by atoms with van der Waals surface area (Å²) in [7, 11) is 0. The molecule has 0 atom stereocenters. The van der Waals surface area contributed by atoms with Crippen LogP contribution in [0.1, 0.15) is 18.4 Å². The van der Waals surface area contributed by atoms with Crippen molar-refractivity contribution < 1.29 is 9.59 Å². The fourth-order valence-corrected chi connectivity index (χ4v) is 3.12. The number of urea groups is 1. The molecule has 5 nitrogen and oxygen atoms in total. The second-order valence-electron chi connectivity index (χ2n) is 6.09. The minimum Gasteiger partial charge on any atom is -0.341 e. The molecule has 0 aromatic heterocycles. The Morgan fingerprint density at radius 1 is 0.958 bits per heavy atom. The molecule has 2 aromatic rings. The van der Waals surface area contributed by atoms with E-state index in [0.717, 1.165) is 32.4 Å². The number of nitrogens with one attached hydrogen (secondary N) is 2. The third-order valence-electron chi connectivity index (χ3n) is 4.42. The summed E-state index contributed by atoms with van der Waals surface area (Å²) in [5.74, 6) is -0.00305. The number of hydrogen-bond acceptors (Lipinski definition) is 2. The first kappa shape index (κ1) is 16.3. The molecule has 0 bridgehead atoms.